The van der Waals surface area contributed by atoms with Gasteiger partial charge in [-0.3, -0.25) is 0 Å². The van der Waals surface area contributed by atoms with Gasteiger partial charge >= 0.3 is 0 Å². The lowest BCUT2D eigenvalue weighted by Crippen LogP contribution is -2.52. The molecule has 0 fully saturated rings. The van der Waals surface area contributed by atoms with Crippen molar-refractivity contribution in [2.45, 2.75) is 159 Å². The van der Waals surface area contributed by atoms with Crippen molar-refractivity contribution < 1.29 is 0 Å². The molecule has 4 rings (SSSR count). The Morgan fingerprint density at radius 2 is 1.50 bits per heavy atom. The molecule has 44 heavy (non-hydrogen) atoms. The minimum absolute atomic E-state index is 0.0736. The predicted octanol–water partition coefficient (Wildman–Crippen LogP) is 13.6. The van der Waals surface area contributed by atoms with E-state index in [-0.39, 0.29) is 16.2 Å². The largest absolute Gasteiger partial charge is 0.0955 e. The molecule has 0 aromatic heterocycles. The summed E-state index contributed by atoms with van der Waals surface area (Å²) in [5.74, 6) is 1.29. The van der Waals surface area contributed by atoms with Crippen LogP contribution < -0.4 is 0 Å². The average molecular weight is 595 g/mol. The smallest absolute Gasteiger partial charge is 0.0194 e. The fourth-order valence-corrected chi connectivity index (χ4v) is 10.4. The molecule has 0 N–H and O–H groups in total. The number of fused-ring (bicyclic) bond motifs is 3. The summed E-state index contributed by atoms with van der Waals surface area (Å²) in [5, 5.41) is 0. The number of hydrogen-bond donors (Lipinski definition) is 0. The molecule has 0 radical (unpaired) electrons. The van der Waals surface area contributed by atoms with Crippen LogP contribution in [0.5, 0.6) is 0 Å². The monoisotopic (exact) mass is 595 g/mol. The van der Waals surface area contributed by atoms with Gasteiger partial charge in [-0.25, -0.2) is 0 Å². The van der Waals surface area contributed by atoms with Gasteiger partial charge in [-0.2, -0.15) is 0 Å². The van der Waals surface area contributed by atoms with Gasteiger partial charge in [0.25, 0.3) is 0 Å². The third-order valence-electron chi connectivity index (χ3n) is 12.7. The van der Waals surface area contributed by atoms with Crippen molar-refractivity contribution in [3.8, 4) is 0 Å². The highest BCUT2D eigenvalue weighted by Gasteiger charge is 2.59. The van der Waals surface area contributed by atoms with E-state index < -0.39 is 0 Å². The van der Waals surface area contributed by atoms with Crippen LogP contribution in [0, 0.1) is 29.1 Å². The summed E-state index contributed by atoms with van der Waals surface area (Å²) in [5.41, 5.74) is 17.4. The first kappa shape index (κ1) is 34.8. The Labute approximate surface area is 273 Å². The number of rotatable bonds is 12. The van der Waals surface area contributed by atoms with E-state index in [0.717, 1.165) is 30.8 Å². The highest BCUT2D eigenvalue weighted by atomic mass is 14.6. The highest BCUT2D eigenvalue weighted by Crippen LogP contribution is 2.70. The maximum absolute atomic E-state index is 5.01. The SMILES string of the molecule is C=C(C)C1=C(C)C[C@@]2(C)C[C@@]3(C)Cc4c(C(C)C)cc(CC(CCCCC)CCCCC)c(C)c4C(=C)C3=C(C)[C@@]2(C)C1=C. The zero-order valence-electron chi connectivity index (χ0n) is 30.8. The minimum Gasteiger partial charge on any atom is -0.0955 e. The summed E-state index contributed by atoms with van der Waals surface area (Å²) < 4.78 is 0. The highest BCUT2D eigenvalue weighted by molar-refractivity contribution is 5.87. The average Bonchev–Trinajstić information content (AvgIpc) is 2.91. The fourth-order valence-electron chi connectivity index (χ4n) is 10.4. The summed E-state index contributed by atoms with van der Waals surface area (Å²) in [7, 11) is 0. The van der Waals surface area contributed by atoms with E-state index in [9.17, 15) is 0 Å². The molecule has 242 valence electrons. The maximum Gasteiger partial charge on any atom is 0.0194 e. The molecule has 3 aliphatic rings. The quantitative estimate of drug-likeness (QED) is 0.211. The zero-order valence-corrected chi connectivity index (χ0v) is 30.8. The summed E-state index contributed by atoms with van der Waals surface area (Å²) in [4.78, 5) is 0. The summed E-state index contributed by atoms with van der Waals surface area (Å²) in [6, 6.07) is 2.65. The number of allylic oxidation sites excluding steroid dienone is 7. The first-order chi connectivity index (χ1) is 20.6. The van der Waals surface area contributed by atoms with Crippen molar-refractivity contribution >= 4 is 5.57 Å². The van der Waals surface area contributed by atoms with Crippen LogP contribution in [0.3, 0.4) is 0 Å². The normalized spacial score (nSPS) is 26.8. The van der Waals surface area contributed by atoms with Crippen LogP contribution >= 0.6 is 0 Å². The maximum atomic E-state index is 5.01. The van der Waals surface area contributed by atoms with Gasteiger partial charge in [0.2, 0.25) is 0 Å². The topological polar surface area (TPSA) is 0 Å². The van der Waals surface area contributed by atoms with Gasteiger partial charge in [-0.05, 0) is 126 Å². The third-order valence-corrected chi connectivity index (χ3v) is 12.7. The van der Waals surface area contributed by atoms with E-state index in [2.05, 4.69) is 88.8 Å². The second-order valence-electron chi connectivity index (χ2n) is 16.5. The predicted molar refractivity (Wildman–Crippen MR) is 196 cm³/mol. The molecule has 1 aromatic carbocycles. The van der Waals surface area contributed by atoms with Gasteiger partial charge in [-0.1, -0.05) is 142 Å². The Hall–Kier alpha value is -2.08. The molecule has 0 unspecified atom stereocenters. The lowest BCUT2D eigenvalue weighted by Gasteiger charge is -2.62. The number of unbranched alkanes of at least 4 members (excludes halogenated alkanes) is 4. The molecule has 0 saturated heterocycles. The molecular formula is C44H66. The third kappa shape index (κ3) is 5.71. The lowest BCUT2D eigenvalue weighted by molar-refractivity contribution is 0.0543. The van der Waals surface area contributed by atoms with Gasteiger partial charge in [-0.15, -0.1) is 0 Å². The van der Waals surface area contributed by atoms with Crippen molar-refractivity contribution in [2.75, 3.05) is 0 Å². The minimum atomic E-state index is -0.105. The molecular weight excluding hydrogens is 528 g/mol. The van der Waals surface area contributed by atoms with E-state index in [0.29, 0.717) is 5.92 Å². The number of benzene rings is 1. The molecule has 0 heteroatoms. The Kier molecular flexibility index (Phi) is 10.3. The van der Waals surface area contributed by atoms with E-state index in [1.165, 1.54) is 102 Å². The van der Waals surface area contributed by atoms with Crippen LogP contribution in [0.1, 0.15) is 167 Å². The second kappa shape index (κ2) is 13.0. The van der Waals surface area contributed by atoms with Gasteiger partial charge in [0.15, 0.2) is 0 Å². The molecule has 0 saturated carbocycles. The summed E-state index contributed by atoms with van der Waals surface area (Å²) >= 11 is 0. The van der Waals surface area contributed by atoms with Crippen LogP contribution in [0.4, 0.5) is 0 Å². The van der Waals surface area contributed by atoms with Crippen molar-refractivity contribution in [2.24, 2.45) is 22.2 Å². The molecule has 0 aliphatic heterocycles. The molecule has 0 nitrogen and oxygen atoms in total. The molecule has 0 bridgehead atoms. The van der Waals surface area contributed by atoms with E-state index in [1.54, 1.807) is 16.7 Å². The van der Waals surface area contributed by atoms with Crippen molar-refractivity contribution in [3.05, 3.63) is 87.1 Å². The van der Waals surface area contributed by atoms with Crippen LogP contribution in [0.15, 0.2) is 59.2 Å². The Bertz CT molecular complexity index is 1380. The van der Waals surface area contributed by atoms with Crippen LogP contribution in [-0.4, -0.2) is 0 Å². The Balaban J connectivity index is 1.87. The van der Waals surface area contributed by atoms with Crippen LogP contribution in [0.25, 0.3) is 5.57 Å². The van der Waals surface area contributed by atoms with Gasteiger partial charge in [0.05, 0.1) is 0 Å². The summed E-state index contributed by atoms with van der Waals surface area (Å²) in [6.45, 7) is 40.7. The van der Waals surface area contributed by atoms with Crippen LogP contribution in [0.2, 0.25) is 0 Å². The summed E-state index contributed by atoms with van der Waals surface area (Å²) in [6.07, 6.45) is 15.4. The second-order valence-corrected chi connectivity index (χ2v) is 16.5. The van der Waals surface area contributed by atoms with E-state index in [4.69, 9.17) is 13.2 Å². The van der Waals surface area contributed by atoms with E-state index >= 15 is 0 Å². The molecule has 0 heterocycles. The van der Waals surface area contributed by atoms with Gasteiger partial charge < -0.3 is 0 Å². The standard InChI is InChI=1S/C44H66/c1-15-17-19-21-35(22-20-18-16-2)23-36-24-37(28(3)4)38-26-42(12)27-43(13)25-30(7)39(29(5)6)33(10)44(43,14)34(11)41(42)32(9)40(38)31(36)8/h24,28,35H,5,9-10,15-23,25-27H2,1-4,6-8,11-14H3/t42-,43+,44-/m1/s1. The first-order valence-electron chi connectivity index (χ1n) is 18.2. The molecule has 3 atom stereocenters. The van der Waals surface area contributed by atoms with Crippen molar-refractivity contribution in [3.63, 3.8) is 0 Å². The van der Waals surface area contributed by atoms with Gasteiger partial charge in [0, 0.05) is 5.41 Å². The Morgan fingerprint density at radius 3 is 2.02 bits per heavy atom. The van der Waals surface area contributed by atoms with Crippen molar-refractivity contribution in [1.82, 2.24) is 0 Å². The fraction of sp³-hybridized carbons (Fsp3) is 0.636. The number of hydrogen-bond acceptors (Lipinski definition) is 0. The molecule has 0 amide bonds. The van der Waals surface area contributed by atoms with E-state index in [1.807, 2.05) is 0 Å². The molecule has 0 spiro atoms. The van der Waals surface area contributed by atoms with Gasteiger partial charge in [0.1, 0.15) is 0 Å². The van der Waals surface area contributed by atoms with Crippen molar-refractivity contribution in [1.29, 1.82) is 0 Å². The lowest BCUT2D eigenvalue weighted by atomic mass is 9.41. The zero-order chi connectivity index (χ0) is 32.8. The molecule has 3 aliphatic carbocycles. The Morgan fingerprint density at radius 1 is 0.909 bits per heavy atom. The van der Waals surface area contributed by atoms with Crippen LogP contribution in [-0.2, 0) is 12.8 Å². The first-order valence-corrected chi connectivity index (χ1v) is 18.2. The molecule has 1 aromatic rings.